The van der Waals surface area contributed by atoms with Gasteiger partial charge in [0.05, 0.1) is 0 Å². The van der Waals surface area contributed by atoms with Gasteiger partial charge in [0.25, 0.3) is 11.6 Å². The van der Waals surface area contributed by atoms with Crippen LogP contribution in [0.15, 0.2) is 0 Å². The molecule has 19 nitrogen and oxygen atoms in total. The summed E-state index contributed by atoms with van der Waals surface area (Å²) in [5.41, 5.74) is 0. The highest BCUT2D eigenvalue weighted by Crippen LogP contribution is 2.45. The molecule has 1 fully saturated rings. The van der Waals surface area contributed by atoms with Crippen molar-refractivity contribution in [3.05, 3.63) is 0 Å². The van der Waals surface area contributed by atoms with Crippen LogP contribution in [0.4, 0.5) is 28.8 Å². The Morgan fingerprint density at radius 1 is 0.541 bits per heavy atom. The second-order valence-corrected chi connectivity index (χ2v) is 6.81. The maximum absolute atomic E-state index is 12.3. The number of alkyl carbamates (subject to hydrolysis) is 6. The van der Waals surface area contributed by atoms with Crippen LogP contribution in [0.1, 0.15) is 0 Å². The van der Waals surface area contributed by atoms with Gasteiger partial charge in [-0.3, -0.25) is 4.74 Å². The molecule has 4 atom stereocenters. The van der Waals surface area contributed by atoms with Crippen molar-refractivity contribution < 1.29 is 61.9 Å². The molecule has 0 bridgehead atoms. The van der Waals surface area contributed by atoms with E-state index < -0.39 is 73.6 Å². The monoisotopic (exact) mass is 538 g/mol. The smallest absolute Gasteiger partial charge is 0.409 e. The van der Waals surface area contributed by atoms with Crippen LogP contribution < -0.4 is 31.9 Å². The zero-order valence-electron chi connectivity index (χ0n) is 20.9. The van der Waals surface area contributed by atoms with Gasteiger partial charge in [-0.05, 0) is 0 Å². The van der Waals surface area contributed by atoms with E-state index in [4.69, 9.17) is 33.2 Å². The number of hydrogen-bond donors (Lipinski definition) is 6. The highest BCUT2D eigenvalue weighted by Gasteiger charge is 2.73. The Balaban J connectivity index is 3.85. The van der Waals surface area contributed by atoms with Crippen molar-refractivity contribution in [3.8, 4) is 0 Å². The molecule has 37 heavy (non-hydrogen) atoms. The molecule has 19 heteroatoms. The molecule has 0 aliphatic carbocycles. The molecule has 0 saturated carbocycles. The number of carbonyl (C=O) groups is 6. The molecule has 0 radical (unpaired) electrons. The summed E-state index contributed by atoms with van der Waals surface area (Å²) in [6.45, 7) is -2.01. The largest absolute Gasteiger partial charge is 0.442 e. The number of nitrogens with one attached hydrogen (secondary N) is 6. The van der Waals surface area contributed by atoms with Crippen molar-refractivity contribution in [2.45, 2.75) is 23.8 Å². The fourth-order valence-electron chi connectivity index (χ4n) is 2.85. The molecule has 1 rings (SSSR count). The van der Waals surface area contributed by atoms with Crippen LogP contribution in [0.2, 0.25) is 0 Å². The van der Waals surface area contributed by atoms with Crippen molar-refractivity contribution >= 4 is 36.6 Å². The van der Waals surface area contributed by atoms with Gasteiger partial charge in [0.15, 0.2) is 13.2 Å². The summed E-state index contributed by atoms with van der Waals surface area (Å²) in [6.07, 6.45) is -10.8. The number of hydrogen-bond acceptors (Lipinski definition) is 13. The summed E-state index contributed by atoms with van der Waals surface area (Å²) in [6, 6.07) is 0. The first-order chi connectivity index (χ1) is 17.5. The van der Waals surface area contributed by atoms with Gasteiger partial charge in [-0.1, -0.05) is 0 Å². The molecule has 0 spiro atoms. The Morgan fingerprint density at radius 2 is 0.838 bits per heavy atom. The van der Waals surface area contributed by atoms with Gasteiger partial charge in [-0.15, -0.1) is 0 Å². The highest BCUT2D eigenvalue weighted by atomic mass is 16.9. The normalized spacial score (nSPS) is 23.8. The lowest BCUT2D eigenvalue weighted by Crippen LogP contribution is -2.56. The quantitative estimate of drug-likeness (QED) is 0.189. The van der Waals surface area contributed by atoms with E-state index in [-0.39, 0.29) is 0 Å². The maximum Gasteiger partial charge on any atom is 0.409 e. The van der Waals surface area contributed by atoms with Gasteiger partial charge >= 0.3 is 36.6 Å². The van der Waals surface area contributed by atoms with Gasteiger partial charge in [0.2, 0.25) is 12.2 Å². The Bertz CT molecular complexity index is 805. The molecule has 1 aliphatic rings. The summed E-state index contributed by atoms with van der Waals surface area (Å²) in [7, 11) is 7.13. The third-order valence-electron chi connectivity index (χ3n) is 4.52. The fourth-order valence-corrected chi connectivity index (χ4v) is 2.85. The van der Waals surface area contributed by atoms with Crippen molar-refractivity contribution in [3.63, 3.8) is 0 Å². The summed E-state index contributed by atoms with van der Waals surface area (Å²) < 4.78 is 36.9. The third kappa shape index (κ3) is 7.78. The van der Waals surface area contributed by atoms with Crippen LogP contribution in [0.25, 0.3) is 0 Å². The molecular weight excluding hydrogens is 508 g/mol. The average molecular weight is 538 g/mol. The second kappa shape index (κ2) is 13.6. The zero-order chi connectivity index (χ0) is 28.2. The number of carbonyl (C=O) groups excluding carboxylic acids is 6. The third-order valence-corrected chi connectivity index (χ3v) is 4.52. The lowest BCUT2D eigenvalue weighted by molar-refractivity contribution is -0.317. The summed E-state index contributed by atoms with van der Waals surface area (Å²) >= 11 is 0. The van der Waals surface area contributed by atoms with Crippen LogP contribution in [0, 0.1) is 0 Å². The van der Waals surface area contributed by atoms with Crippen LogP contribution in [-0.4, -0.2) is 116 Å². The number of rotatable bonds is 8. The Kier molecular flexibility index (Phi) is 11.3. The minimum atomic E-state index is -2.64. The molecule has 0 aromatic rings. The van der Waals surface area contributed by atoms with Crippen LogP contribution in [0.3, 0.4) is 0 Å². The van der Waals surface area contributed by atoms with Gasteiger partial charge in [-0.2, -0.15) is 0 Å². The summed E-state index contributed by atoms with van der Waals surface area (Å²) in [5, 5.41) is 12.8. The number of amides is 6. The number of ether oxygens (including phenoxy) is 7. The van der Waals surface area contributed by atoms with E-state index in [2.05, 4.69) is 31.9 Å². The molecular formula is C18H30N6O13. The van der Waals surface area contributed by atoms with Gasteiger partial charge < -0.3 is 60.3 Å². The van der Waals surface area contributed by atoms with E-state index in [0.29, 0.717) is 0 Å². The molecule has 0 unspecified atom stereocenters. The minimum Gasteiger partial charge on any atom is -0.442 e. The van der Waals surface area contributed by atoms with Crippen molar-refractivity contribution in [1.82, 2.24) is 31.9 Å². The molecule has 1 aliphatic heterocycles. The summed E-state index contributed by atoms with van der Waals surface area (Å²) in [4.78, 5) is 72.9. The lowest BCUT2D eigenvalue weighted by atomic mass is 10.0. The first-order valence-electron chi connectivity index (χ1n) is 10.4. The van der Waals surface area contributed by atoms with E-state index >= 15 is 0 Å². The Morgan fingerprint density at radius 3 is 1.11 bits per heavy atom. The topological polar surface area (TPSA) is 239 Å². The van der Waals surface area contributed by atoms with Gasteiger partial charge in [-0.25, -0.2) is 28.8 Å². The molecule has 0 aromatic heterocycles. The van der Waals surface area contributed by atoms with Crippen molar-refractivity contribution in [2.75, 3.05) is 55.5 Å². The van der Waals surface area contributed by atoms with Crippen LogP contribution in [0.5, 0.6) is 0 Å². The average Bonchev–Trinajstić information content (AvgIpc) is 3.13. The standard InChI is InChI=1S/C18H30N6O13/c1-19-11(25)31-7-17(35-15(29)23-5)9(33-13(27)21-3)10(34-14(28)22-4)18(37-17,36-16(30)24-6)8-32-12(26)20-2/h9-10H,7-8H2,1-6H3,(H,19,25)(H,20,26)(H,21,27)(H,22,28)(H,23,29)(H,24,30)/t9-,10+,17-,18-/m0/s1. The molecule has 1 saturated heterocycles. The van der Waals surface area contributed by atoms with E-state index in [1.807, 2.05) is 0 Å². The Hall–Kier alpha value is -4.42. The van der Waals surface area contributed by atoms with E-state index in [1.54, 1.807) is 0 Å². The van der Waals surface area contributed by atoms with Crippen molar-refractivity contribution in [1.29, 1.82) is 0 Å². The van der Waals surface area contributed by atoms with Crippen molar-refractivity contribution in [2.24, 2.45) is 0 Å². The highest BCUT2D eigenvalue weighted by molar-refractivity contribution is 5.71. The fraction of sp³-hybridized carbons (Fsp3) is 0.667. The lowest BCUT2D eigenvalue weighted by Gasteiger charge is -2.33. The van der Waals surface area contributed by atoms with Gasteiger partial charge in [0.1, 0.15) is 0 Å². The molecule has 6 N–H and O–H groups in total. The predicted octanol–water partition coefficient (Wildman–Crippen LogP) is -1.72. The first kappa shape index (κ1) is 30.6. The van der Waals surface area contributed by atoms with E-state index in [0.717, 1.165) is 0 Å². The SMILES string of the molecule is CNC(=O)OC[C@]1(OC(=O)NC)O[C@](COC(=O)NC)(OC(=O)NC)[C@@H](OC(=O)NC)[C@H]1OC(=O)NC. The molecule has 6 amide bonds. The van der Waals surface area contributed by atoms with E-state index in [9.17, 15) is 28.8 Å². The van der Waals surface area contributed by atoms with E-state index in [1.165, 1.54) is 42.3 Å². The van der Waals surface area contributed by atoms with Gasteiger partial charge in [0, 0.05) is 42.3 Å². The predicted molar refractivity (Wildman–Crippen MR) is 117 cm³/mol. The minimum absolute atomic E-state index is 1.01. The Labute approximate surface area is 210 Å². The molecule has 210 valence electrons. The second-order valence-electron chi connectivity index (χ2n) is 6.81. The van der Waals surface area contributed by atoms with Crippen LogP contribution in [-0.2, 0) is 33.2 Å². The maximum atomic E-state index is 12.3. The summed E-state index contributed by atoms with van der Waals surface area (Å²) in [5.74, 6) is -5.28. The molecule has 1 heterocycles. The first-order valence-corrected chi connectivity index (χ1v) is 10.4. The zero-order valence-corrected chi connectivity index (χ0v) is 20.9. The molecule has 0 aromatic carbocycles. The van der Waals surface area contributed by atoms with Crippen LogP contribution >= 0.6 is 0 Å².